The molecule has 2 aromatic carbocycles. The molecule has 1 N–H and O–H groups in total. The Bertz CT molecular complexity index is 1090. The predicted octanol–water partition coefficient (Wildman–Crippen LogP) is 4.11. The van der Waals surface area contributed by atoms with Crippen LogP contribution in [0.5, 0.6) is 5.75 Å². The van der Waals surface area contributed by atoms with Crippen LogP contribution in [0.25, 0.3) is 0 Å². The number of nitrogens with one attached hydrogen (secondary N) is 1. The topological polar surface area (TPSA) is 70.6 Å². The number of para-hydroxylation sites is 1. The van der Waals surface area contributed by atoms with E-state index in [0.717, 1.165) is 60.4 Å². The lowest BCUT2D eigenvalue weighted by Gasteiger charge is -2.36. The molecule has 33 heavy (non-hydrogen) atoms. The maximum absolute atomic E-state index is 12.5. The molecule has 0 spiro atoms. The minimum atomic E-state index is -0.0343. The number of aromatic nitrogens is 2. The Morgan fingerprint density at radius 1 is 1.03 bits per heavy atom. The van der Waals surface area contributed by atoms with Crippen LogP contribution in [0.2, 0.25) is 0 Å². The Morgan fingerprint density at radius 3 is 2.61 bits per heavy atom. The summed E-state index contributed by atoms with van der Waals surface area (Å²) in [6, 6.07) is 18.0. The molecular formula is C25H29N5O2S. The maximum Gasteiger partial charge on any atom is 0.234 e. The van der Waals surface area contributed by atoms with Crippen LogP contribution in [0, 0.1) is 0 Å². The molecule has 1 aromatic heterocycles. The van der Waals surface area contributed by atoms with Crippen LogP contribution in [-0.2, 0) is 11.2 Å². The molecule has 1 aliphatic rings. The number of ether oxygens (including phenoxy) is 1. The minimum absolute atomic E-state index is 0.0343. The van der Waals surface area contributed by atoms with Crippen molar-refractivity contribution in [1.29, 1.82) is 0 Å². The summed E-state index contributed by atoms with van der Waals surface area (Å²) in [5.74, 6) is 2.04. The summed E-state index contributed by atoms with van der Waals surface area (Å²) in [6.07, 6.45) is 2.46. The molecular weight excluding hydrogens is 434 g/mol. The van der Waals surface area contributed by atoms with Crippen molar-refractivity contribution < 1.29 is 9.53 Å². The van der Waals surface area contributed by atoms with Gasteiger partial charge in [-0.2, -0.15) is 0 Å². The largest absolute Gasteiger partial charge is 0.497 e. The Kier molecular flexibility index (Phi) is 7.67. The first-order chi connectivity index (χ1) is 16.2. The highest BCUT2D eigenvalue weighted by atomic mass is 32.2. The number of methoxy groups -OCH3 is 1. The van der Waals surface area contributed by atoms with Gasteiger partial charge in [0.15, 0.2) is 0 Å². The molecule has 1 aliphatic heterocycles. The third-order valence-electron chi connectivity index (χ3n) is 5.67. The number of hydrogen-bond donors (Lipinski definition) is 1. The summed E-state index contributed by atoms with van der Waals surface area (Å²) < 4.78 is 5.35. The van der Waals surface area contributed by atoms with Crippen molar-refractivity contribution in [3.8, 4) is 5.75 Å². The van der Waals surface area contributed by atoms with Gasteiger partial charge in [-0.15, -0.1) is 0 Å². The number of carbonyl (C=O) groups is 1. The molecule has 0 unspecified atom stereocenters. The molecule has 4 rings (SSSR count). The normalized spacial score (nSPS) is 13.6. The van der Waals surface area contributed by atoms with Crippen LogP contribution >= 0.6 is 11.8 Å². The van der Waals surface area contributed by atoms with Crippen molar-refractivity contribution in [3.05, 3.63) is 66.5 Å². The maximum atomic E-state index is 12.5. The van der Waals surface area contributed by atoms with Crippen molar-refractivity contribution >= 4 is 34.9 Å². The first-order valence-electron chi connectivity index (χ1n) is 11.1. The number of hydrogen-bond acceptors (Lipinski definition) is 7. The molecule has 0 bridgehead atoms. The van der Waals surface area contributed by atoms with Crippen molar-refractivity contribution in [2.45, 2.75) is 18.4 Å². The Labute approximate surface area is 199 Å². The van der Waals surface area contributed by atoms with Gasteiger partial charge < -0.3 is 19.9 Å². The zero-order chi connectivity index (χ0) is 23.0. The summed E-state index contributed by atoms with van der Waals surface area (Å²) in [5, 5.41) is 3.81. The predicted molar refractivity (Wildman–Crippen MR) is 135 cm³/mol. The first kappa shape index (κ1) is 22.9. The fraction of sp³-hybridized carbons (Fsp3) is 0.320. The SMILES string of the molecule is CCc1ccccc1NC(=O)CSc1cc(N2CCN(c3cccc(OC)c3)CC2)ncn1. The highest BCUT2D eigenvalue weighted by molar-refractivity contribution is 7.99. The molecule has 0 aliphatic carbocycles. The molecule has 2 heterocycles. The quantitative estimate of drug-likeness (QED) is 0.398. The Balaban J connectivity index is 1.31. The van der Waals surface area contributed by atoms with E-state index in [0.29, 0.717) is 5.75 Å². The van der Waals surface area contributed by atoms with Crippen molar-refractivity contribution in [3.63, 3.8) is 0 Å². The van der Waals surface area contributed by atoms with Crippen LogP contribution in [-0.4, -0.2) is 54.9 Å². The number of thioether (sulfide) groups is 1. The average Bonchev–Trinajstić information content (AvgIpc) is 2.88. The number of benzene rings is 2. The van der Waals surface area contributed by atoms with Crippen LogP contribution in [0.1, 0.15) is 12.5 Å². The lowest BCUT2D eigenvalue weighted by atomic mass is 10.1. The molecule has 1 fully saturated rings. The number of nitrogens with zero attached hydrogens (tertiary/aromatic N) is 4. The smallest absolute Gasteiger partial charge is 0.234 e. The van der Waals surface area contributed by atoms with E-state index in [-0.39, 0.29) is 5.91 Å². The van der Waals surface area contributed by atoms with Gasteiger partial charge >= 0.3 is 0 Å². The van der Waals surface area contributed by atoms with Gasteiger partial charge in [-0.1, -0.05) is 43.0 Å². The van der Waals surface area contributed by atoms with E-state index in [9.17, 15) is 4.79 Å². The van der Waals surface area contributed by atoms with E-state index in [1.54, 1.807) is 13.4 Å². The lowest BCUT2D eigenvalue weighted by Crippen LogP contribution is -2.46. The van der Waals surface area contributed by atoms with Gasteiger partial charge in [0.05, 0.1) is 12.9 Å². The number of aryl methyl sites for hydroxylation is 1. The number of carbonyl (C=O) groups excluding carboxylic acids is 1. The van der Waals surface area contributed by atoms with Crippen LogP contribution in [0.15, 0.2) is 66.0 Å². The number of anilines is 3. The molecule has 172 valence electrons. The zero-order valence-electron chi connectivity index (χ0n) is 19.0. The van der Waals surface area contributed by atoms with Gasteiger partial charge in [0.1, 0.15) is 22.9 Å². The van der Waals surface area contributed by atoms with Gasteiger partial charge in [0.2, 0.25) is 5.91 Å². The standard InChI is InChI=1S/C25H29N5O2S/c1-3-19-7-4-5-10-22(19)28-24(31)17-33-25-16-23(26-18-27-25)30-13-11-29(12-14-30)20-8-6-9-21(15-20)32-2/h4-10,15-16,18H,3,11-14,17H2,1-2H3,(H,28,31). The second kappa shape index (κ2) is 11.0. The van der Waals surface area contributed by atoms with E-state index >= 15 is 0 Å². The highest BCUT2D eigenvalue weighted by Gasteiger charge is 2.19. The van der Waals surface area contributed by atoms with Gasteiger partial charge in [-0.05, 0) is 30.2 Å². The number of amides is 1. The van der Waals surface area contributed by atoms with Gasteiger partial charge in [0.25, 0.3) is 0 Å². The minimum Gasteiger partial charge on any atom is -0.497 e. The summed E-state index contributed by atoms with van der Waals surface area (Å²) >= 11 is 1.43. The lowest BCUT2D eigenvalue weighted by molar-refractivity contribution is -0.113. The van der Waals surface area contributed by atoms with Crippen LogP contribution in [0.4, 0.5) is 17.2 Å². The Hall–Kier alpha value is -3.26. The van der Waals surface area contributed by atoms with Gasteiger partial charge in [0, 0.05) is 49.7 Å². The zero-order valence-corrected chi connectivity index (χ0v) is 19.8. The van der Waals surface area contributed by atoms with Crippen molar-refractivity contribution in [2.75, 3.05) is 54.2 Å². The monoisotopic (exact) mass is 463 g/mol. The number of piperazine rings is 1. The molecule has 7 nitrogen and oxygen atoms in total. The first-order valence-corrected chi connectivity index (χ1v) is 12.1. The molecule has 1 saturated heterocycles. The second-order valence-corrected chi connectivity index (χ2v) is 8.73. The molecule has 1 amide bonds. The summed E-state index contributed by atoms with van der Waals surface area (Å²) in [6.45, 7) is 5.62. The highest BCUT2D eigenvalue weighted by Crippen LogP contribution is 2.25. The van der Waals surface area contributed by atoms with Crippen LogP contribution in [0.3, 0.4) is 0 Å². The molecule has 0 radical (unpaired) electrons. The summed E-state index contributed by atoms with van der Waals surface area (Å²) in [5.41, 5.74) is 3.18. The summed E-state index contributed by atoms with van der Waals surface area (Å²) in [7, 11) is 1.69. The molecule has 8 heteroatoms. The van der Waals surface area contributed by atoms with E-state index < -0.39 is 0 Å². The van der Waals surface area contributed by atoms with Gasteiger partial charge in [-0.25, -0.2) is 9.97 Å². The average molecular weight is 464 g/mol. The fourth-order valence-corrected chi connectivity index (χ4v) is 4.52. The third-order valence-corrected chi connectivity index (χ3v) is 6.60. The van der Waals surface area contributed by atoms with E-state index in [2.05, 4.69) is 44.1 Å². The van der Waals surface area contributed by atoms with Crippen molar-refractivity contribution in [1.82, 2.24) is 9.97 Å². The third kappa shape index (κ3) is 5.96. The van der Waals surface area contributed by atoms with Crippen molar-refractivity contribution in [2.24, 2.45) is 0 Å². The second-order valence-electron chi connectivity index (χ2n) is 7.74. The van der Waals surface area contributed by atoms with Crippen LogP contribution < -0.4 is 19.9 Å². The van der Waals surface area contributed by atoms with E-state index in [1.807, 2.05) is 42.5 Å². The molecule has 0 atom stereocenters. The summed E-state index contributed by atoms with van der Waals surface area (Å²) in [4.78, 5) is 25.9. The van der Waals surface area contributed by atoms with E-state index in [4.69, 9.17) is 4.74 Å². The molecule has 3 aromatic rings. The molecule has 0 saturated carbocycles. The van der Waals surface area contributed by atoms with Gasteiger partial charge in [-0.3, -0.25) is 4.79 Å². The van der Waals surface area contributed by atoms with E-state index in [1.165, 1.54) is 17.4 Å². The fourth-order valence-electron chi connectivity index (χ4n) is 3.86. The number of rotatable bonds is 8. The Morgan fingerprint density at radius 2 is 1.82 bits per heavy atom.